The quantitative estimate of drug-likeness (QED) is 0.608. The van der Waals surface area contributed by atoms with Crippen molar-refractivity contribution in [3.05, 3.63) is 50.8 Å². The molecule has 0 radical (unpaired) electrons. The highest BCUT2D eigenvalue weighted by atomic mass is 32.2. The Hall–Kier alpha value is -2.28. The minimum atomic E-state index is -0.503. The average Bonchev–Trinajstić information content (AvgIpc) is 3.06. The third-order valence-corrected chi connectivity index (χ3v) is 6.32. The first-order valence-corrected chi connectivity index (χ1v) is 10.3. The van der Waals surface area contributed by atoms with E-state index in [1.807, 2.05) is 19.1 Å². The van der Waals surface area contributed by atoms with Crippen LogP contribution in [0.5, 0.6) is 0 Å². The lowest BCUT2D eigenvalue weighted by atomic mass is 9.79. The Morgan fingerprint density at radius 1 is 1.33 bits per heavy atom. The van der Waals surface area contributed by atoms with Gasteiger partial charge in [-0.1, -0.05) is 25.6 Å². The number of aromatic nitrogens is 2. The first-order valence-electron chi connectivity index (χ1n) is 9.38. The molecule has 0 amide bonds. The molecule has 2 N–H and O–H groups in total. The normalized spacial score (nSPS) is 20.1. The highest BCUT2D eigenvalue weighted by Crippen LogP contribution is 2.43. The molecule has 7 heteroatoms. The summed E-state index contributed by atoms with van der Waals surface area (Å²) < 4.78 is 5.84. The van der Waals surface area contributed by atoms with Crippen molar-refractivity contribution < 1.29 is 9.21 Å². The van der Waals surface area contributed by atoms with E-state index in [9.17, 15) is 9.59 Å². The van der Waals surface area contributed by atoms with Crippen molar-refractivity contribution >= 4 is 23.4 Å². The molecule has 27 heavy (non-hydrogen) atoms. The fourth-order valence-corrected chi connectivity index (χ4v) is 4.51. The number of anilines is 1. The molecule has 1 aliphatic carbocycles. The van der Waals surface area contributed by atoms with Crippen molar-refractivity contribution in [2.45, 2.75) is 62.8 Å². The Morgan fingerprint density at radius 2 is 2.15 bits per heavy atom. The van der Waals surface area contributed by atoms with Crippen molar-refractivity contribution in [1.82, 2.24) is 9.97 Å². The maximum absolute atomic E-state index is 13.0. The molecular formula is C20H23N3O3S. The largest absolute Gasteiger partial charge is 0.465 e. The molecule has 2 atom stereocenters. The summed E-state index contributed by atoms with van der Waals surface area (Å²) in [5.74, 6) is 1.48. The van der Waals surface area contributed by atoms with E-state index < -0.39 is 5.92 Å². The van der Waals surface area contributed by atoms with E-state index in [0.717, 1.165) is 30.7 Å². The molecule has 4 rings (SSSR count). The number of nitrogens with zero attached hydrogens (tertiary/aromatic N) is 1. The molecule has 2 aliphatic rings. The zero-order valence-corrected chi connectivity index (χ0v) is 16.5. The standard InChI is InChI=1S/C20H23N3O3S/c1-4-11(3)27-20-22-18-17(19(25)23-20)16(14-9-8-10(2)26-14)15-12(21-18)6-5-7-13(15)24/h8-9,11,16H,4-7H2,1-3H3,(H2,21,22,23,25)/t11-,16+/m0/s1. The first-order chi connectivity index (χ1) is 13.0. The smallest absolute Gasteiger partial charge is 0.257 e. The second-order valence-electron chi connectivity index (χ2n) is 7.15. The van der Waals surface area contributed by atoms with E-state index in [0.29, 0.717) is 39.5 Å². The molecule has 2 aromatic heterocycles. The lowest BCUT2D eigenvalue weighted by Crippen LogP contribution is -2.32. The van der Waals surface area contributed by atoms with Crippen LogP contribution in [-0.2, 0) is 4.79 Å². The summed E-state index contributed by atoms with van der Waals surface area (Å²) in [7, 11) is 0. The number of ketones is 1. The molecular weight excluding hydrogens is 362 g/mol. The van der Waals surface area contributed by atoms with Crippen LogP contribution >= 0.6 is 11.8 Å². The van der Waals surface area contributed by atoms with Crippen LogP contribution in [0.1, 0.15) is 62.5 Å². The van der Waals surface area contributed by atoms with Crippen molar-refractivity contribution in [3.63, 3.8) is 0 Å². The van der Waals surface area contributed by atoms with Crippen molar-refractivity contribution in [2.24, 2.45) is 0 Å². The van der Waals surface area contributed by atoms with Crippen LogP contribution in [0.2, 0.25) is 0 Å². The molecule has 0 spiro atoms. The van der Waals surface area contributed by atoms with E-state index >= 15 is 0 Å². The highest BCUT2D eigenvalue weighted by Gasteiger charge is 2.39. The summed E-state index contributed by atoms with van der Waals surface area (Å²) in [5, 5.41) is 4.23. The van der Waals surface area contributed by atoms with Gasteiger partial charge in [0.25, 0.3) is 5.56 Å². The molecule has 0 fully saturated rings. The topological polar surface area (TPSA) is 88.0 Å². The number of H-pyrrole nitrogens is 1. The number of hydrogen-bond acceptors (Lipinski definition) is 6. The van der Waals surface area contributed by atoms with Crippen molar-refractivity contribution in [1.29, 1.82) is 0 Å². The summed E-state index contributed by atoms with van der Waals surface area (Å²) in [4.78, 5) is 33.3. The maximum Gasteiger partial charge on any atom is 0.257 e. The molecule has 6 nitrogen and oxygen atoms in total. The zero-order chi connectivity index (χ0) is 19.1. The van der Waals surface area contributed by atoms with Gasteiger partial charge < -0.3 is 14.7 Å². The molecule has 0 bridgehead atoms. The van der Waals surface area contributed by atoms with Gasteiger partial charge in [-0.2, -0.15) is 0 Å². The second kappa shape index (κ2) is 7.03. The number of Topliss-reactive ketones (excluding diaryl/α,β-unsaturated/α-hetero) is 1. The fraction of sp³-hybridized carbons (Fsp3) is 0.450. The van der Waals surface area contributed by atoms with Crippen LogP contribution in [0.4, 0.5) is 5.82 Å². The van der Waals surface area contributed by atoms with Gasteiger partial charge >= 0.3 is 0 Å². The van der Waals surface area contributed by atoms with Gasteiger partial charge in [0, 0.05) is 22.9 Å². The van der Waals surface area contributed by atoms with E-state index in [1.165, 1.54) is 0 Å². The fourth-order valence-electron chi connectivity index (χ4n) is 3.66. The van der Waals surface area contributed by atoms with Gasteiger partial charge in [0.2, 0.25) is 0 Å². The third-order valence-electron chi connectivity index (χ3n) is 5.17. The molecule has 0 saturated carbocycles. The van der Waals surface area contributed by atoms with Gasteiger partial charge in [-0.15, -0.1) is 0 Å². The van der Waals surface area contributed by atoms with Crippen LogP contribution in [0.15, 0.2) is 37.8 Å². The van der Waals surface area contributed by atoms with E-state index in [2.05, 4.69) is 29.1 Å². The van der Waals surface area contributed by atoms with Crippen LogP contribution in [0.25, 0.3) is 0 Å². The van der Waals surface area contributed by atoms with E-state index in [1.54, 1.807) is 11.8 Å². The van der Waals surface area contributed by atoms with Crippen LogP contribution in [0.3, 0.4) is 0 Å². The molecule has 1 aliphatic heterocycles. The number of carbonyl (C=O) groups is 1. The number of fused-ring (bicyclic) bond motifs is 1. The van der Waals surface area contributed by atoms with E-state index in [-0.39, 0.29) is 11.3 Å². The predicted octanol–water partition coefficient (Wildman–Crippen LogP) is 4.13. The number of hydrogen-bond donors (Lipinski definition) is 2. The Kier molecular flexibility index (Phi) is 4.72. The number of allylic oxidation sites excluding steroid dienone is 2. The lowest BCUT2D eigenvalue weighted by Gasteiger charge is -2.31. The Morgan fingerprint density at radius 3 is 2.85 bits per heavy atom. The number of thioether (sulfide) groups is 1. The molecule has 2 aromatic rings. The Labute approximate surface area is 161 Å². The van der Waals surface area contributed by atoms with Gasteiger partial charge in [0.1, 0.15) is 17.3 Å². The lowest BCUT2D eigenvalue weighted by molar-refractivity contribution is -0.116. The van der Waals surface area contributed by atoms with E-state index in [4.69, 9.17) is 4.42 Å². The van der Waals surface area contributed by atoms with Crippen molar-refractivity contribution in [2.75, 3.05) is 5.32 Å². The number of nitrogens with one attached hydrogen (secondary N) is 2. The summed E-state index contributed by atoms with van der Waals surface area (Å²) in [6.07, 6.45) is 3.07. The summed E-state index contributed by atoms with van der Waals surface area (Å²) in [6, 6.07) is 3.71. The van der Waals surface area contributed by atoms with Gasteiger partial charge in [-0.05, 0) is 38.3 Å². The number of rotatable bonds is 4. The molecule has 0 aromatic carbocycles. The first kappa shape index (κ1) is 18.1. The van der Waals surface area contributed by atoms with Gasteiger partial charge in [0.15, 0.2) is 10.9 Å². The molecule has 3 heterocycles. The van der Waals surface area contributed by atoms with Gasteiger partial charge in [-0.3, -0.25) is 9.59 Å². The molecule has 0 saturated heterocycles. The third kappa shape index (κ3) is 3.25. The second-order valence-corrected chi connectivity index (χ2v) is 8.57. The molecule has 0 unspecified atom stereocenters. The number of aryl methyl sites for hydroxylation is 1. The van der Waals surface area contributed by atoms with Crippen LogP contribution in [-0.4, -0.2) is 21.0 Å². The highest BCUT2D eigenvalue weighted by molar-refractivity contribution is 7.99. The Balaban J connectivity index is 1.88. The summed E-state index contributed by atoms with van der Waals surface area (Å²) in [5.41, 5.74) is 1.77. The number of aromatic amines is 1. The van der Waals surface area contributed by atoms with Gasteiger partial charge in [0.05, 0.1) is 11.5 Å². The minimum absolute atomic E-state index is 0.0749. The summed E-state index contributed by atoms with van der Waals surface area (Å²) in [6.45, 7) is 6.07. The Bertz CT molecular complexity index is 989. The monoisotopic (exact) mass is 385 g/mol. The zero-order valence-electron chi connectivity index (χ0n) is 15.7. The number of carbonyl (C=O) groups excluding carboxylic acids is 1. The minimum Gasteiger partial charge on any atom is -0.465 e. The number of furan rings is 1. The summed E-state index contributed by atoms with van der Waals surface area (Å²) >= 11 is 1.55. The average molecular weight is 385 g/mol. The van der Waals surface area contributed by atoms with Gasteiger partial charge in [-0.25, -0.2) is 4.98 Å². The van der Waals surface area contributed by atoms with Crippen LogP contribution < -0.4 is 10.9 Å². The molecule has 142 valence electrons. The predicted molar refractivity (Wildman–Crippen MR) is 105 cm³/mol. The SMILES string of the molecule is CC[C@H](C)Sc1nc2c(c(=O)[nH]1)[C@H](c1ccc(C)o1)C1=C(CCCC1=O)N2. The van der Waals surface area contributed by atoms with Crippen LogP contribution in [0, 0.1) is 6.92 Å². The maximum atomic E-state index is 13.0. The van der Waals surface area contributed by atoms with Crippen molar-refractivity contribution in [3.8, 4) is 0 Å².